The minimum Gasteiger partial charge on any atom is -0.318 e. The number of hydrogen-bond donors (Lipinski definition) is 4. The van der Waals surface area contributed by atoms with E-state index in [0.717, 1.165) is 31.1 Å². The van der Waals surface area contributed by atoms with Crippen LogP contribution in [-0.2, 0) is 10.0 Å². The van der Waals surface area contributed by atoms with Crippen LogP contribution >= 0.6 is 0 Å². The Balaban J connectivity index is 1.43. The van der Waals surface area contributed by atoms with Gasteiger partial charge in [0, 0.05) is 64.1 Å². The summed E-state index contributed by atoms with van der Waals surface area (Å²) in [5.41, 5.74) is 6.88. The molecule has 1 amide bonds. The highest BCUT2D eigenvalue weighted by Gasteiger charge is 2.28. The smallest absolute Gasteiger partial charge is 0.299 e. The number of sulfonamides is 1. The highest BCUT2D eigenvalue weighted by molar-refractivity contribution is 7.89. The molecule has 5 rings (SSSR count). The highest BCUT2D eigenvalue weighted by Crippen LogP contribution is 2.35. The summed E-state index contributed by atoms with van der Waals surface area (Å²) in [5, 5.41) is 8.31. The number of hydrazine groups is 2. The lowest BCUT2D eigenvalue weighted by atomic mass is 10.2. The predicted octanol–water partition coefficient (Wildman–Crippen LogP) is 0.990. The normalized spacial score (nSPS) is 17.4. The number of amides is 1. The molecule has 2 fully saturated rings. The molecule has 0 aromatic carbocycles. The fourth-order valence-corrected chi connectivity index (χ4v) is 6.34. The number of nitrogens with zero attached hydrogens (tertiary/aromatic N) is 6. The molecular weight excluding hydrogens is 496 g/mol. The summed E-state index contributed by atoms with van der Waals surface area (Å²) >= 11 is 0. The maximum atomic E-state index is 13.2. The number of fused-ring (bicyclic) bond motifs is 1. The van der Waals surface area contributed by atoms with E-state index in [1.165, 1.54) is 21.7 Å². The number of aromatic nitrogens is 4. The van der Waals surface area contributed by atoms with Crippen LogP contribution in [0.4, 0.5) is 11.8 Å². The summed E-state index contributed by atoms with van der Waals surface area (Å²) in [6.07, 6.45) is 7.17. The third-order valence-electron chi connectivity index (χ3n) is 6.83. The van der Waals surface area contributed by atoms with Gasteiger partial charge in [-0.15, -0.1) is 0 Å². The molecule has 0 atom stereocenters. The van der Waals surface area contributed by atoms with Gasteiger partial charge in [-0.05, 0) is 31.0 Å². The Morgan fingerprint density at radius 2 is 1.81 bits per heavy atom. The average Bonchev–Trinajstić information content (AvgIpc) is 3.58. The third-order valence-corrected chi connectivity index (χ3v) is 8.71. The van der Waals surface area contributed by atoms with Gasteiger partial charge in [-0.2, -0.15) is 9.29 Å². The van der Waals surface area contributed by atoms with Crippen LogP contribution in [-0.4, -0.2) is 83.5 Å². The maximum absolute atomic E-state index is 13.2. The van der Waals surface area contributed by atoms with Crippen LogP contribution in [0.2, 0.25) is 0 Å². The Hall–Kier alpha value is -3.17. The SMILES string of the molecule is CNN(NC)C(=O)c1cc2cnc(Nc3ccc(S(=O)(=O)N4CCNCC4)cn3)nc2n1C1CCCC1. The lowest BCUT2D eigenvalue weighted by Crippen LogP contribution is -2.49. The first-order valence-electron chi connectivity index (χ1n) is 12.4. The largest absolute Gasteiger partial charge is 0.318 e. The summed E-state index contributed by atoms with van der Waals surface area (Å²) in [5.74, 6) is 0.519. The van der Waals surface area contributed by atoms with E-state index in [-0.39, 0.29) is 16.8 Å². The molecule has 1 aliphatic carbocycles. The summed E-state index contributed by atoms with van der Waals surface area (Å²) in [4.78, 5) is 26.8. The van der Waals surface area contributed by atoms with Crippen molar-refractivity contribution in [1.29, 1.82) is 0 Å². The summed E-state index contributed by atoms with van der Waals surface area (Å²) in [6.45, 7) is 2.12. The Labute approximate surface area is 215 Å². The number of pyridine rings is 1. The number of rotatable bonds is 8. The third kappa shape index (κ3) is 5.02. The number of hydrogen-bond acceptors (Lipinski definition) is 10. The lowest BCUT2D eigenvalue weighted by molar-refractivity contribution is 0.0564. The Kier molecular flexibility index (Phi) is 7.35. The van der Waals surface area contributed by atoms with Gasteiger partial charge < -0.3 is 15.2 Å². The van der Waals surface area contributed by atoms with Crippen LogP contribution in [0, 0.1) is 0 Å². The van der Waals surface area contributed by atoms with Crippen molar-refractivity contribution in [3.05, 3.63) is 36.3 Å². The van der Waals surface area contributed by atoms with E-state index in [0.29, 0.717) is 49.3 Å². The molecule has 14 heteroatoms. The van der Waals surface area contributed by atoms with Gasteiger partial charge in [0.05, 0.1) is 0 Å². The van der Waals surface area contributed by atoms with E-state index in [2.05, 4.69) is 31.5 Å². The van der Waals surface area contributed by atoms with Crippen molar-refractivity contribution in [2.24, 2.45) is 0 Å². The van der Waals surface area contributed by atoms with Gasteiger partial charge in [0.2, 0.25) is 16.0 Å². The van der Waals surface area contributed by atoms with Crippen LogP contribution < -0.4 is 21.5 Å². The van der Waals surface area contributed by atoms with Crippen molar-refractivity contribution in [2.45, 2.75) is 36.6 Å². The topological polar surface area (TPSA) is 149 Å². The van der Waals surface area contributed by atoms with Crippen LogP contribution in [0.25, 0.3) is 11.0 Å². The minimum absolute atomic E-state index is 0.146. The molecule has 13 nitrogen and oxygen atoms in total. The van der Waals surface area contributed by atoms with Gasteiger partial charge in [-0.3, -0.25) is 4.79 Å². The molecule has 1 aliphatic heterocycles. The number of carbonyl (C=O) groups is 1. The number of nitrogens with one attached hydrogen (secondary N) is 4. The first-order chi connectivity index (χ1) is 17.9. The van der Waals surface area contributed by atoms with E-state index >= 15 is 0 Å². The average molecular weight is 529 g/mol. The van der Waals surface area contributed by atoms with E-state index in [1.807, 2.05) is 10.6 Å². The number of anilines is 2. The van der Waals surface area contributed by atoms with Gasteiger partial charge in [-0.1, -0.05) is 12.8 Å². The molecule has 37 heavy (non-hydrogen) atoms. The van der Waals surface area contributed by atoms with Crippen LogP contribution in [0.5, 0.6) is 0 Å². The second-order valence-electron chi connectivity index (χ2n) is 9.06. The van der Waals surface area contributed by atoms with Gasteiger partial charge in [0.15, 0.2) is 0 Å². The van der Waals surface area contributed by atoms with E-state index in [9.17, 15) is 13.2 Å². The number of piperazine rings is 1. The molecule has 3 aromatic heterocycles. The van der Waals surface area contributed by atoms with Crippen molar-refractivity contribution in [3.63, 3.8) is 0 Å². The molecule has 1 saturated heterocycles. The fourth-order valence-electron chi connectivity index (χ4n) is 4.95. The first kappa shape index (κ1) is 25.5. The molecule has 4 heterocycles. The van der Waals surface area contributed by atoms with E-state index in [1.54, 1.807) is 26.4 Å². The highest BCUT2D eigenvalue weighted by atomic mass is 32.2. The molecule has 0 radical (unpaired) electrons. The minimum atomic E-state index is -3.59. The van der Waals surface area contributed by atoms with Crippen LogP contribution in [0.1, 0.15) is 42.2 Å². The Morgan fingerprint density at radius 3 is 2.46 bits per heavy atom. The lowest BCUT2D eigenvalue weighted by Gasteiger charge is -2.26. The molecule has 0 unspecified atom stereocenters. The Bertz CT molecular complexity index is 1360. The van der Waals surface area contributed by atoms with Crippen molar-refractivity contribution in [1.82, 2.24) is 45.1 Å². The maximum Gasteiger partial charge on any atom is 0.299 e. The first-order valence-corrected chi connectivity index (χ1v) is 13.9. The summed E-state index contributed by atoms with van der Waals surface area (Å²) in [7, 11) is -0.245. The molecular formula is C23H32N10O3S. The van der Waals surface area contributed by atoms with Crippen molar-refractivity contribution in [3.8, 4) is 0 Å². The zero-order chi connectivity index (χ0) is 26.0. The molecule has 3 aromatic rings. The second-order valence-corrected chi connectivity index (χ2v) is 11.0. The monoisotopic (exact) mass is 528 g/mol. The number of carbonyl (C=O) groups excluding carboxylic acids is 1. The van der Waals surface area contributed by atoms with Crippen molar-refractivity contribution < 1.29 is 13.2 Å². The van der Waals surface area contributed by atoms with Gasteiger partial charge in [0.25, 0.3) is 5.91 Å². The molecule has 4 N–H and O–H groups in total. The van der Waals surface area contributed by atoms with Gasteiger partial charge >= 0.3 is 0 Å². The fraction of sp³-hybridized carbons (Fsp3) is 0.478. The summed E-state index contributed by atoms with van der Waals surface area (Å²) in [6, 6.07) is 5.12. The van der Waals surface area contributed by atoms with Crippen molar-refractivity contribution in [2.75, 3.05) is 45.6 Å². The molecule has 0 spiro atoms. The zero-order valence-electron chi connectivity index (χ0n) is 20.9. The molecule has 198 valence electrons. The standard InChI is InChI=1S/C23H32N10O3S/c1-24-33(25-2)22(34)19-13-16-14-28-23(30-21(16)32(19)17-5-3-4-6-17)29-20-8-7-18(15-27-20)37(35,36)31-11-9-26-10-12-31/h7-8,13-15,17,24-26H,3-6,9-12H2,1-2H3,(H,27,28,29,30). The summed E-state index contributed by atoms with van der Waals surface area (Å²) < 4.78 is 29.2. The van der Waals surface area contributed by atoms with Crippen LogP contribution in [0.3, 0.4) is 0 Å². The zero-order valence-corrected chi connectivity index (χ0v) is 21.8. The van der Waals surface area contributed by atoms with Crippen molar-refractivity contribution >= 4 is 38.7 Å². The van der Waals surface area contributed by atoms with E-state index in [4.69, 9.17) is 4.98 Å². The Morgan fingerprint density at radius 1 is 1.08 bits per heavy atom. The van der Waals surface area contributed by atoms with Gasteiger partial charge in [-0.25, -0.2) is 34.4 Å². The quantitative estimate of drug-likeness (QED) is 0.312. The predicted molar refractivity (Wildman–Crippen MR) is 138 cm³/mol. The van der Waals surface area contributed by atoms with E-state index < -0.39 is 10.0 Å². The second kappa shape index (κ2) is 10.7. The van der Waals surface area contributed by atoms with Gasteiger partial charge in [0.1, 0.15) is 22.1 Å². The van der Waals surface area contributed by atoms with Crippen LogP contribution in [0.15, 0.2) is 35.5 Å². The molecule has 2 aliphatic rings. The molecule has 1 saturated carbocycles. The molecule has 0 bridgehead atoms.